The van der Waals surface area contributed by atoms with Gasteiger partial charge in [-0.1, -0.05) is 263 Å². The highest BCUT2D eigenvalue weighted by Gasteiger charge is 2.20. The fraction of sp³-hybridized carbons (Fsp3) is 0.897. The van der Waals surface area contributed by atoms with E-state index in [1.165, 1.54) is 218 Å². The molecule has 0 fully saturated rings. The standard InChI is InChI=1S/C58H111NO5/c1-3-5-7-9-11-13-15-17-19-20-21-22-24-26-30-34-38-42-46-50-56(61)55(54-60)59-57(62)51-47-43-39-35-31-27-25-29-33-37-41-45-49-53-64-58(63)52-48-44-40-36-32-28-23-18-16-14-12-10-8-6-4-2/h12,14,18,23,55-56,60-61H,3-11,13,15-17,19-22,24-54H2,1-2H3,(H,59,62)/b14-12-,23-18-. The van der Waals surface area contributed by atoms with Gasteiger partial charge < -0.3 is 20.3 Å². The van der Waals surface area contributed by atoms with Crippen molar-refractivity contribution in [2.75, 3.05) is 13.2 Å². The predicted molar refractivity (Wildman–Crippen MR) is 278 cm³/mol. The van der Waals surface area contributed by atoms with Crippen molar-refractivity contribution in [1.82, 2.24) is 5.32 Å². The van der Waals surface area contributed by atoms with Crippen molar-refractivity contribution in [3.05, 3.63) is 24.3 Å². The molecule has 0 heterocycles. The number of rotatable bonds is 53. The summed E-state index contributed by atoms with van der Waals surface area (Å²) in [6.07, 6.45) is 64.4. The molecule has 0 aliphatic heterocycles. The molecule has 64 heavy (non-hydrogen) atoms. The highest BCUT2D eigenvalue weighted by Crippen LogP contribution is 2.17. The third kappa shape index (κ3) is 49.8. The Balaban J connectivity index is 3.46. The van der Waals surface area contributed by atoms with E-state index in [1.54, 1.807) is 0 Å². The lowest BCUT2D eigenvalue weighted by Gasteiger charge is -2.22. The van der Waals surface area contributed by atoms with E-state index in [0.717, 1.165) is 57.8 Å². The van der Waals surface area contributed by atoms with Crippen LogP contribution in [0.2, 0.25) is 0 Å². The molecule has 378 valence electrons. The summed E-state index contributed by atoms with van der Waals surface area (Å²) < 4.78 is 5.46. The minimum Gasteiger partial charge on any atom is -0.466 e. The van der Waals surface area contributed by atoms with Crippen molar-refractivity contribution >= 4 is 11.9 Å². The van der Waals surface area contributed by atoms with E-state index in [4.69, 9.17) is 4.74 Å². The Hall–Kier alpha value is -1.66. The van der Waals surface area contributed by atoms with Crippen molar-refractivity contribution in [1.29, 1.82) is 0 Å². The maximum atomic E-state index is 12.5. The summed E-state index contributed by atoms with van der Waals surface area (Å²) in [5, 5.41) is 23.3. The molecule has 6 nitrogen and oxygen atoms in total. The molecule has 2 unspecified atom stereocenters. The van der Waals surface area contributed by atoms with E-state index in [2.05, 4.69) is 43.5 Å². The number of aliphatic hydroxyl groups excluding tert-OH is 2. The number of amides is 1. The SMILES string of the molecule is CCCCC/C=C\C/C=C\CCCCCCCC(=O)OCCCCCCCCCCCCCCCC(=O)NC(CO)C(O)CCCCCCCCCCCCCCCCCCCCC. The zero-order chi connectivity index (χ0) is 46.5. The molecule has 0 rings (SSSR count). The molecule has 0 aromatic rings. The van der Waals surface area contributed by atoms with Crippen LogP contribution in [-0.4, -0.2) is 47.4 Å². The van der Waals surface area contributed by atoms with Crippen molar-refractivity contribution in [2.24, 2.45) is 0 Å². The van der Waals surface area contributed by atoms with Gasteiger partial charge in [-0.15, -0.1) is 0 Å². The van der Waals surface area contributed by atoms with Gasteiger partial charge in [0.1, 0.15) is 0 Å². The van der Waals surface area contributed by atoms with Crippen LogP contribution in [0.5, 0.6) is 0 Å². The summed E-state index contributed by atoms with van der Waals surface area (Å²) in [6, 6.07) is -0.552. The summed E-state index contributed by atoms with van der Waals surface area (Å²) in [7, 11) is 0. The first kappa shape index (κ1) is 62.3. The monoisotopic (exact) mass is 902 g/mol. The fourth-order valence-electron chi connectivity index (χ4n) is 8.85. The van der Waals surface area contributed by atoms with Gasteiger partial charge in [0, 0.05) is 12.8 Å². The largest absolute Gasteiger partial charge is 0.466 e. The van der Waals surface area contributed by atoms with Crippen molar-refractivity contribution in [3.63, 3.8) is 0 Å². The van der Waals surface area contributed by atoms with Gasteiger partial charge in [0.15, 0.2) is 0 Å². The number of hydrogen-bond acceptors (Lipinski definition) is 5. The number of allylic oxidation sites excluding steroid dienone is 4. The molecule has 0 aromatic heterocycles. The van der Waals surface area contributed by atoms with Crippen LogP contribution in [0.25, 0.3) is 0 Å². The minimum absolute atomic E-state index is 0.0188. The van der Waals surface area contributed by atoms with Gasteiger partial charge in [-0.2, -0.15) is 0 Å². The second-order valence-electron chi connectivity index (χ2n) is 19.6. The van der Waals surface area contributed by atoms with Crippen molar-refractivity contribution in [3.8, 4) is 0 Å². The van der Waals surface area contributed by atoms with Crippen molar-refractivity contribution in [2.45, 2.75) is 321 Å². The Morgan fingerprint density at radius 3 is 1.22 bits per heavy atom. The molecular formula is C58H111NO5. The second-order valence-corrected chi connectivity index (χ2v) is 19.6. The number of carbonyl (C=O) groups excluding carboxylic acids is 2. The van der Waals surface area contributed by atoms with Crippen LogP contribution in [0.4, 0.5) is 0 Å². The van der Waals surface area contributed by atoms with Gasteiger partial charge in [0.25, 0.3) is 0 Å². The summed E-state index contributed by atoms with van der Waals surface area (Å²) >= 11 is 0. The lowest BCUT2D eigenvalue weighted by Crippen LogP contribution is -2.45. The van der Waals surface area contributed by atoms with Crippen LogP contribution in [0.15, 0.2) is 24.3 Å². The summed E-state index contributed by atoms with van der Waals surface area (Å²) in [4.78, 5) is 24.5. The number of aliphatic hydroxyl groups is 2. The number of nitrogens with one attached hydrogen (secondary N) is 1. The van der Waals surface area contributed by atoms with Gasteiger partial charge in [-0.3, -0.25) is 9.59 Å². The topological polar surface area (TPSA) is 95.9 Å². The van der Waals surface area contributed by atoms with Gasteiger partial charge >= 0.3 is 5.97 Å². The average Bonchev–Trinajstić information content (AvgIpc) is 3.29. The van der Waals surface area contributed by atoms with Crippen LogP contribution in [0, 0.1) is 0 Å². The van der Waals surface area contributed by atoms with Crippen LogP contribution in [0.3, 0.4) is 0 Å². The first-order valence-electron chi connectivity index (χ1n) is 28.6. The van der Waals surface area contributed by atoms with E-state index in [9.17, 15) is 19.8 Å². The number of unbranched alkanes of at least 4 members (excludes halogenated alkanes) is 38. The molecule has 3 N–H and O–H groups in total. The molecule has 0 radical (unpaired) electrons. The quantitative estimate of drug-likeness (QED) is 0.0321. The number of ether oxygens (including phenoxy) is 1. The van der Waals surface area contributed by atoms with Crippen LogP contribution in [0.1, 0.15) is 309 Å². The molecule has 0 saturated carbocycles. The molecule has 0 aliphatic carbocycles. The molecule has 0 saturated heterocycles. The van der Waals surface area contributed by atoms with E-state index in [0.29, 0.717) is 25.9 Å². The fourth-order valence-corrected chi connectivity index (χ4v) is 8.85. The second kappa shape index (κ2) is 54.0. The maximum absolute atomic E-state index is 12.5. The molecular weight excluding hydrogens is 791 g/mol. The van der Waals surface area contributed by atoms with Gasteiger partial charge in [-0.25, -0.2) is 0 Å². The highest BCUT2D eigenvalue weighted by molar-refractivity contribution is 5.76. The molecule has 0 bridgehead atoms. The normalized spacial score (nSPS) is 12.8. The Labute approximate surface area is 399 Å². The molecule has 0 aromatic carbocycles. The van der Waals surface area contributed by atoms with Crippen LogP contribution < -0.4 is 5.32 Å². The first-order chi connectivity index (χ1) is 31.5. The Morgan fingerprint density at radius 2 is 0.781 bits per heavy atom. The lowest BCUT2D eigenvalue weighted by molar-refractivity contribution is -0.143. The molecule has 0 spiro atoms. The van der Waals surface area contributed by atoms with E-state index >= 15 is 0 Å². The van der Waals surface area contributed by atoms with E-state index < -0.39 is 12.1 Å². The Bertz CT molecular complexity index is 997. The summed E-state index contributed by atoms with van der Waals surface area (Å²) in [5.74, 6) is -0.0651. The number of esters is 1. The predicted octanol–water partition coefficient (Wildman–Crippen LogP) is 17.5. The summed E-state index contributed by atoms with van der Waals surface area (Å²) in [6.45, 7) is 4.91. The summed E-state index contributed by atoms with van der Waals surface area (Å²) in [5.41, 5.74) is 0. The smallest absolute Gasteiger partial charge is 0.305 e. The zero-order valence-corrected chi connectivity index (χ0v) is 43.0. The van der Waals surface area contributed by atoms with Gasteiger partial charge in [0.05, 0.1) is 25.4 Å². The van der Waals surface area contributed by atoms with Gasteiger partial charge in [0.2, 0.25) is 5.91 Å². The Morgan fingerprint density at radius 1 is 0.438 bits per heavy atom. The third-order valence-corrected chi connectivity index (χ3v) is 13.3. The first-order valence-corrected chi connectivity index (χ1v) is 28.6. The lowest BCUT2D eigenvalue weighted by atomic mass is 10.0. The molecule has 6 heteroatoms. The Kier molecular flexibility index (Phi) is 52.6. The minimum atomic E-state index is -0.674. The van der Waals surface area contributed by atoms with Crippen molar-refractivity contribution < 1.29 is 24.5 Å². The number of hydrogen-bond donors (Lipinski definition) is 3. The molecule has 1 amide bonds. The van der Waals surface area contributed by atoms with Crippen LogP contribution >= 0.6 is 0 Å². The van der Waals surface area contributed by atoms with Crippen LogP contribution in [-0.2, 0) is 14.3 Å². The van der Waals surface area contributed by atoms with E-state index in [1.807, 2.05) is 0 Å². The third-order valence-electron chi connectivity index (χ3n) is 13.3. The molecule has 0 aliphatic rings. The zero-order valence-electron chi connectivity index (χ0n) is 43.0. The number of carbonyl (C=O) groups is 2. The maximum Gasteiger partial charge on any atom is 0.305 e. The average molecular weight is 903 g/mol. The molecule has 2 atom stereocenters. The highest BCUT2D eigenvalue weighted by atomic mass is 16.5. The van der Waals surface area contributed by atoms with Gasteiger partial charge in [-0.05, 0) is 57.8 Å². The van der Waals surface area contributed by atoms with E-state index in [-0.39, 0.29) is 18.5 Å².